The third kappa shape index (κ3) is 7.12. The first-order valence-electron chi connectivity index (χ1n) is 26.4. The second-order valence-electron chi connectivity index (χ2n) is 25.9. The van der Waals surface area contributed by atoms with E-state index in [0.29, 0.717) is 0 Å². The smallest absolute Gasteiger partial charge is 0.253 e. The number of anilines is 6. The van der Waals surface area contributed by atoms with Gasteiger partial charge in [-0.15, -0.1) is 0 Å². The van der Waals surface area contributed by atoms with Gasteiger partial charge in [-0.25, -0.2) is 0 Å². The van der Waals surface area contributed by atoms with Crippen molar-refractivity contribution in [2.75, 3.05) is 9.80 Å². The molecule has 0 saturated heterocycles. The van der Waals surface area contributed by atoms with Crippen LogP contribution in [0.1, 0.15) is 130 Å². The summed E-state index contributed by atoms with van der Waals surface area (Å²) in [7, 11) is 0. The molecule has 1 aliphatic carbocycles. The Balaban J connectivity index is 1.27. The van der Waals surface area contributed by atoms with E-state index in [2.05, 4.69) is 271 Å². The Morgan fingerprint density at radius 2 is 0.764 bits per heavy atom. The van der Waals surface area contributed by atoms with Crippen molar-refractivity contribution in [2.24, 2.45) is 0 Å². The molecule has 9 aromatic carbocycles. The molecule has 2 nitrogen and oxygen atoms in total. The van der Waals surface area contributed by atoms with Gasteiger partial charge in [-0.05, 0) is 170 Å². The lowest BCUT2D eigenvalue weighted by molar-refractivity contribution is 0.568. The summed E-state index contributed by atoms with van der Waals surface area (Å²) in [4.78, 5) is 5.33. The summed E-state index contributed by atoms with van der Waals surface area (Å²) in [5.74, 6) is 0. The van der Waals surface area contributed by atoms with Gasteiger partial charge in [0.2, 0.25) is 0 Å². The number of fused-ring (bicyclic) bond motifs is 11. The van der Waals surface area contributed by atoms with E-state index in [1.165, 1.54) is 128 Å². The summed E-state index contributed by atoms with van der Waals surface area (Å²) < 4.78 is 0. The molecule has 0 unspecified atom stereocenters. The fourth-order valence-corrected chi connectivity index (χ4v) is 12.4. The molecule has 0 radical (unpaired) electrons. The summed E-state index contributed by atoms with van der Waals surface area (Å²) >= 11 is 0. The van der Waals surface area contributed by atoms with Crippen molar-refractivity contribution in [2.45, 2.75) is 124 Å². The molecule has 12 rings (SSSR count). The summed E-state index contributed by atoms with van der Waals surface area (Å²) in [5.41, 5.74) is 24.3. The minimum atomic E-state index is -0.0856. The van der Waals surface area contributed by atoms with Gasteiger partial charge in [0.05, 0.1) is 0 Å². The lowest BCUT2D eigenvalue weighted by Gasteiger charge is -2.46. The molecule has 0 amide bonds. The van der Waals surface area contributed by atoms with Gasteiger partial charge in [-0.2, -0.15) is 0 Å². The molecule has 358 valence electrons. The molecular formula is C69H69BN2. The maximum atomic E-state index is 2.66. The Morgan fingerprint density at radius 1 is 0.347 bits per heavy atom. The van der Waals surface area contributed by atoms with Gasteiger partial charge >= 0.3 is 0 Å². The first kappa shape index (κ1) is 46.2. The van der Waals surface area contributed by atoms with Crippen molar-refractivity contribution in [3.05, 3.63) is 197 Å². The Morgan fingerprint density at radius 3 is 1.22 bits per heavy atom. The van der Waals surface area contributed by atoms with Gasteiger partial charge in [0.1, 0.15) is 0 Å². The van der Waals surface area contributed by atoms with Gasteiger partial charge in [-0.3, -0.25) is 0 Å². The van der Waals surface area contributed by atoms with Crippen molar-refractivity contribution in [3.8, 4) is 22.3 Å². The third-order valence-corrected chi connectivity index (χ3v) is 16.6. The number of rotatable bonds is 3. The lowest BCUT2D eigenvalue weighted by atomic mass is 9.32. The van der Waals surface area contributed by atoms with Crippen molar-refractivity contribution in [3.63, 3.8) is 0 Å². The molecule has 0 atom stereocenters. The van der Waals surface area contributed by atoms with Crippen LogP contribution in [0, 0.1) is 0 Å². The van der Waals surface area contributed by atoms with Crippen molar-refractivity contribution < 1.29 is 0 Å². The number of hydrogen-bond donors (Lipinski definition) is 0. The maximum absolute atomic E-state index is 2.66. The van der Waals surface area contributed by atoms with E-state index in [9.17, 15) is 0 Å². The second-order valence-corrected chi connectivity index (χ2v) is 25.9. The zero-order chi connectivity index (χ0) is 50.6. The SMILES string of the molecule is CC(C)(C)c1cc(N2c3cc(-c4ccc5c(c4)-c4ccccc4C5(C)C)cc4c3B(c3c2ccc2ccccc32)c2c(ccc3ccccc23)N4c2cc(C(C)(C)C)cc(C(C)(C)C)c2)cc(C(C)(C)C)c1. The van der Waals surface area contributed by atoms with E-state index in [4.69, 9.17) is 0 Å². The van der Waals surface area contributed by atoms with Gasteiger partial charge in [0.25, 0.3) is 6.71 Å². The molecule has 3 heteroatoms. The van der Waals surface area contributed by atoms with Crippen LogP contribution in [0.2, 0.25) is 0 Å². The second kappa shape index (κ2) is 15.6. The quantitative estimate of drug-likeness (QED) is 0.163. The molecule has 0 fully saturated rings. The van der Waals surface area contributed by atoms with Crippen LogP contribution in [0.5, 0.6) is 0 Å². The van der Waals surface area contributed by atoms with E-state index in [1.807, 2.05) is 0 Å². The largest absolute Gasteiger partial charge is 0.311 e. The zero-order valence-corrected chi connectivity index (χ0v) is 45.1. The fourth-order valence-electron chi connectivity index (χ4n) is 12.4. The van der Waals surface area contributed by atoms with Crippen LogP contribution < -0.4 is 26.2 Å². The molecule has 0 saturated carbocycles. The Kier molecular flexibility index (Phi) is 10.0. The molecule has 2 heterocycles. The first-order chi connectivity index (χ1) is 34.0. The van der Waals surface area contributed by atoms with Gasteiger partial charge < -0.3 is 9.80 Å². The van der Waals surface area contributed by atoms with E-state index in [-0.39, 0.29) is 33.8 Å². The average Bonchev–Trinajstić information content (AvgIpc) is 3.57. The number of hydrogen-bond acceptors (Lipinski definition) is 2. The molecule has 0 bridgehead atoms. The Hall–Kier alpha value is -6.84. The van der Waals surface area contributed by atoms with E-state index in [1.54, 1.807) is 0 Å². The highest BCUT2D eigenvalue weighted by Gasteiger charge is 2.46. The molecule has 0 aromatic heterocycles. The zero-order valence-electron chi connectivity index (χ0n) is 45.1. The highest BCUT2D eigenvalue weighted by Crippen LogP contribution is 2.53. The molecule has 0 spiro atoms. The van der Waals surface area contributed by atoms with Crippen LogP contribution in [0.15, 0.2) is 164 Å². The maximum Gasteiger partial charge on any atom is 0.253 e. The number of benzene rings is 9. The van der Waals surface area contributed by atoms with Crippen LogP contribution in [-0.2, 0) is 27.1 Å². The monoisotopic (exact) mass is 937 g/mol. The topological polar surface area (TPSA) is 6.48 Å². The normalized spacial score (nSPS) is 14.8. The van der Waals surface area contributed by atoms with E-state index in [0.717, 1.165) is 0 Å². The third-order valence-electron chi connectivity index (χ3n) is 16.6. The van der Waals surface area contributed by atoms with Gasteiger partial charge in [-0.1, -0.05) is 206 Å². The number of nitrogens with zero attached hydrogens (tertiary/aromatic N) is 2. The molecule has 9 aromatic rings. The van der Waals surface area contributed by atoms with Crippen LogP contribution in [0.3, 0.4) is 0 Å². The summed E-state index contributed by atoms with van der Waals surface area (Å²) in [5, 5.41) is 5.11. The summed E-state index contributed by atoms with van der Waals surface area (Å²) in [6.45, 7) is 33.0. The molecule has 72 heavy (non-hydrogen) atoms. The van der Waals surface area contributed by atoms with Crippen molar-refractivity contribution >= 4 is 78.8 Å². The lowest BCUT2D eigenvalue weighted by Crippen LogP contribution is -2.61. The molecule has 3 aliphatic rings. The molecule has 0 N–H and O–H groups in total. The minimum absolute atomic E-state index is 0.0628. The summed E-state index contributed by atoms with van der Waals surface area (Å²) in [6, 6.07) is 64.2. The van der Waals surface area contributed by atoms with Crippen LogP contribution >= 0.6 is 0 Å². The minimum Gasteiger partial charge on any atom is -0.311 e. The van der Waals surface area contributed by atoms with Gasteiger partial charge in [0, 0.05) is 39.5 Å². The standard InChI is InChI=1S/C69H69BN2/c1-65(2,3)46-36-47(66(4,5)6)39-50(38-46)71-58-31-28-42-21-15-17-23-52(42)62(58)70-63-53-24-18-16-22-43(53)29-32-59(63)72(51-40-48(67(7,8)9)37-49(41-51)68(10,11)12)61-35-45(34-60(71)64(61)70)44-27-30-57-55(33-44)54-25-19-20-26-56(54)69(57,13)14/h15-41H,1-14H3. The van der Waals surface area contributed by atoms with E-state index < -0.39 is 0 Å². The van der Waals surface area contributed by atoms with Crippen molar-refractivity contribution in [1.29, 1.82) is 0 Å². The van der Waals surface area contributed by atoms with Crippen LogP contribution in [0.25, 0.3) is 43.8 Å². The highest BCUT2D eigenvalue weighted by atomic mass is 15.2. The van der Waals surface area contributed by atoms with Crippen LogP contribution in [-0.4, -0.2) is 6.71 Å². The average molecular weight is 937 g/mol. The van der Waals surface area contributed by atoms with Crippen LogP contribution in [0.4, 0.5) is 34.1 Å². The molecule has 2 aliphatic heterocycles. The Bertz CT molecular complexity index is 3480. The first-order valence-corrected chi connectivity index (χ1v) is 26.4. The predicted molar refractivity (Wildman–Crippen MR) is 313 cm³/mol. The fraction of sp³-hybridized carbons (Fsp3) is 0.275. The predicted octanol–water partition coefficient (Wildman–Crippen LogP) is 17.2. The molecular weight excluding hydrogens is 868 g/mol. The van der Waals surface area contributed by atoms with E-state index >= 15 is 0 Å². The summed E-state index contributed by atoms with van der Waals surface area (Å²) in [6.07, 6.45) is 0. The van der Waals surface area contributed by atoms with Gasteiger partial charge in [0.15, 0.2) is 0 Å². The highest BCUT2D eigenvalue weighted by molar-refractivity contribution is 7.03. The Labute approximate surface area is 429 Å². The van der Waals surface area contributed by atoms with Crippen molar-refractivity contribution in [1.82, 2.24) is 0 Å².